The molecular weight excluding hydrogens is 506 g/mol. The van der Waals surface area contributed by atoms with Crippen LogP contribution in [0.4, 0.5) is 0 Å². The van der Waals surface area contributed by atoms with Crippen molar-refractivity contribution in [1.82, 2.24) is 16.2 Å². The molecule has 0 aliphatic carbocycles. The summed E-state index contributed by atoms with van der Waals surface area (Å²) >= 11 is 8.52. The lowest BCUT2D eigenvalue weighted by Crippen LogP contribution is -2.48. The van der Waals surface area contributed by atoms with E-state index in [1.807, 2.05) is 0 Å². The van der Waals surface area contributed by atoms with Crippen LogP contribution >= 0.6 is 28.1 Å². The number of nitrogens with one attached hydrogen (secondary N) is 3. The van der Waals surface area contributed by atoms with Crippen LogP contribution < -0.4 is 25.6 Å². The maximum atomic E-state index is 12.4. The largest absolute Gasteiger partial charge is 0.494 e. The van der Waals surface area contributed by atoms with Gasteiger partial charge < -0.3 is 9.47 Å². The third kappa shape index (κ3) is 9.39. The first-order valence-electron chi connectivity index (χ1n) is 10.7. The van der Waals surface area contributed by atoms with Crippen LogP contribution in [-0.2, 0) is 0 Å². The molecule has 33 heavy (non-hydrogen) atoms. The molecular formula is C24H30BrN3O4S. The van der Waals surface area contributed by atoms with Gasteiger partial charge in [0.25, 0.3) is 11.8 Å². The zero-order valence-electron chi connectivity index (χ0n) is 19.2. The van der Waals surface area contributed by atoms with Crippen LogP contribution in [0.1, 0.15) is 54.8 Å². The Labute approximate surface area is 208 Å². The Bertz CT molecular complexity index is 965. The molecule has 0 aliphatic rings. The van der Waals surface area contributed by atoms with E-state index in [9.17, 15) is 9.59 Å². The van der Waals surface area contributed by atoms with Gasteiger partial charge >= 0.3 is 0 Å². The van der Waals surface area contributed by atoms with Gasteiger partial charge in [-0.1, -0.05) is 27.7 Å². The van der Waals surface area contributed by atoms with Gasteiger partial charge in [-0.15, -0.1) is 0 Å². The molecule has 2 aromatic carbocycles. The van der Waals surface area contributed by atoms with Gasteiger partial charge in [-0.2, -0.15) is 0 Å². The molecule has 9 heteroatoms. The first kappa shape index (κ1) is 26.6. The van der Waals surface area contributed by atoms with Crippen molar-refractivity contribution in [1.29, 1.82) is 0 Å². The fourth-order valence-corrected chi connectivity index (χ4v) is 3.16. The SMILES string of the molecule is CC(C)CCOc1ccc(C(=O)NNC(=S)NC(=O)c2ccc(OCC(C)C)c(Br)c2)cc1. The van der Waals surface area contributed by atoms with Crippen LogP contribution in [0.5, 0.6) is 11.5 Å². The molecule has 0 heterocycles. The molecule has 0 bridgehead atoms. The van der Waals surface area contributed by atoms with Gasteiger partial charge in [0.15, 0.2) is 5.11 Å². The van der Waals surface area contributed by atoms with E-state index in [1.165, 1.54) is 0 Å². The zero-order valence-corrected chi connectivity index (χ0v) is 21.6. The molecule has 2 rings (SSSR count). The van der Waals surface area contributed by atoms with Crippen LogP contribution in [-0.4, -0.2) is 30.1 Å². The van der Waals surface area contributed by atoms with Crippen molar-refractivity contribution in [2.75, 3.05) is 13.2 Å². The second-order valence-corrected chi connectivity index (χ2v) is 9.53. The molecule has 0 atom stereocenters. The molecule has 0 aliphatic heterocycles. The van der Waals surface area contributed by atoms with Crippen LogP contribution in [0.15, 0.2) is 46.9 Å². The summed E-state index contributed by atoms with van der Waals surface area (Å²) in [6, 6.07) is 11.8. The lowest BCUT2D eigenvalue weighted by atomic mass is 10.1. The van der Waals surface area contributed by atoms with Gasteiger partial charge in [0.05, 0.1) is 17.7 Å². The molecule has 3 N–H and O–H groups in total. The van der Waals surface area contributed by atoms with Crippen molar-refractivity contribution < 1.29 is 19.1 Å². The number of rotatable bonds is 9. The van der Waals surface area contributed by atoms with Crippen LogP contribution in [0, 0.1) is 11.8 Å². The van der Waals surface area contributed by atoms with Gasteiger partial charge in [-0.3, -0.25) is 25.8 Å². The Morgan fingerprint density at radius 1 is 0.909 bits per heavy atom. The molecule has 0 saturated heterocycles. The Balaban J connectivity index is 1.81. The average molecular weight is 536 g/mol. The molecule has 0 radical (unpaired) electrons. The molecule has 178 valence electrons. The summed E-state index contributed by atoms with van der Waals surface area (Å²) < 4.78 is 12.0. The quantitative estimate of drug-likeness (QED) is 0.314. The van der Waals surface area contributed by atoms with E-state index in [-0.39, 0.29) is 5.11 Å². The average Bonchev–Trinajstić information content (AvgIpc) is 2.76. The predicted molar refractivity (Wildman–Crippen MR) is 137 cm³/mol. The monoisotopic (exact) mass is 535 g/mol. The summed E-state index contributed by atoms with van der Waals surface area (Å²) in [6.07, 6.45) is 0.961. The van der Waals surface area contributed by atoms with E-state index in [0.717, 1.165) is 6.42 Å². The minimum atomic E-state index is -0.416. The molecule has 0 spiro atoms. The van der Waals surface area contributed by atoms with E-state index in [2.05, 4.69) is 59.8 Å². The normalized spacial score (nSPS) is 10.6. The summed E-state index contributed by atoms with van der Waals surface area (Å²) in [5.41, 5.74) is 5.82. The molecule has 0 fully saturated rings. The van der Waals surface area contributed by atoms with Gasteiger partial charge in [-0.25, -0.2) is 0 Å². The summed E-state index contributed by atoms with van der Waals surface area (Å²) in [6.45, 7) is 9.58. The minimum Gasteiger partial charge on any atom is -0.494 e. The number of thiocarbonyl (C=S) groups is 1. The second-order valence-electron chi connectivity index (χ2n) is 8.27. The lowest BCUT2D eigenvalue weighted by Gasteiger charge is -2.13. The van der Waals surface area contributed by atoms with Crippen LogP contribution in [0.3, 0.4) is 0 Å². The standard InChI is InChI=1S/C24H30BrN3O4S/c1-15(2)11-12-31-19-8-5-17(6-9-19)23(30)27-28-24(33)26-22(29)18-7-10-21(20(25)13-18)32-14-16(3)4/h5-10,13,15-16H,11-12,14H2,1-4H3,(H,27,30)(H2,26,28,29,33). The maximum Gasteiger partial charge on any atom is 0.269 e. The zero-order chi connectivity index (χ0) is 24.4. The molecule has 2 amide bonds. The Hall–Kier alpha value is -2.65. The molecule has 0 unspecified atom stereocenters. The summed E-state index contributed by atoms with van der Waals surface area (Å²) in [5, 5.41) is 2.50. The number of halogens is 1. The number of benzene rings is 2. The maximum absolute atomic E-state index is 12.4. The number of amides is 2. The van der Waals surface area contributed by atoms with Crippen molar-refractivity contribution in [2.24, 2.45) is 11.8 Å². The fourth-order valence-electron chi connectivity index (χ4n) is 2.52. The van der Waals surface area contributed by atoms with Crippen molar-refractivity contribution in [3.05, 3.63) is 58.1 Å². The summed E-state index contributed by atoms with van der Waals surface area (Å²) in [7, 11) is 0. The minimum absolute atomic E-state index is 0.0294. The molecule has 7 nitrogen and oxygen atoms in total. The number of hydrogen-bond acceptors (Lipinski definition) is 5. The van der Waals surface area contributed by atoms with E-state index >= 15 is 0 Å². The van der Waals surface area contributed by atoms with E-state index in [4.69, 9.17) is 21.7 Å². The van der Waals surface area contributed by atoms with E-state index in [0.29, 0.717) is 52.1 Å². The molecule has 0 aromatic heterocycles. The number of hydrogen-bond donors (Lipinski definition) is 3. The topological polar surface area (TPSA) is 88.7 Å². The Morgan fingerprint density at radius 3 is 2.18 bits per heavy atom. The Morgan fingerprint density at radius 2 is 1.58 bits per heavy atom. The van der Waals surface area contributed by atoms with Gasteiger partial charge in [0.1, 0.15) is 11.5 Å². The van der Waals surface area contributed by atoms with Crippen molar-refractivity contribution in [3.8, 4) is 11.5 Å². The van der Waals surface area contributed by atoms with Crippen molar-refractivity contribution >= 4 is 45.1 Å². The number of ether oxygens (including phenoxy) is 2. The third-order valence-electron chi connectivity index (χ3n) is 4.36. The third-order valence-corrected chi connectivity index (χ3v) is 5.19. The smallest absolute Gasteiger partial charge is 0.269 e. The highest BCUT2D eigenvalue weighted by Gasteiger charge is 2.12. The van der Waals surface area contributed by atoms with Gasteiger partial charge in [-0.05, 0) is 88.9 Å². The number of carbonyl (C=O) groups is 2. The van der Waals surface area contributed by atoms with Crippen LogP contribution in [0.25, 0.3) is 0 Å². The van der Waals surface area contributed by atoms with E-state index < -0.39 is 11.8 Å². The first-order chi connectivity index (χ1) is 15.7. The first-order valence-corrected chi connectivity index (χ1v) is 11.9. The second kappa shape index (κ2) is 13.2. The van der Waals surface area contributed by atoms with Crippen LogP contribution in [0.2, 0.25) is 0 Å². The van der Waals surface area contributed by atoms with E-state index in [1.54, 1.807) is 42.5 Å². The Kier molecular flexibility index (Phi) is 10.6. The van der Waals surface area contributed by atoms with Gasteiger partial charge in [0, 0.05) is 11.1 Å². The highest BCUT2D eigenvalue weighted by atomic mass is 79.9. The molecule has 2 aromatic rings. The van der Waals surface area contributed by atoms with Crippen molar-refractivity contribution in [3.63, 3.8) is 0 Å². The highest BCUT2D eigenvalue weighted by Crippen LogP contribution is 2.26. The molecule has 0 saturated carbocycles. The van der Waals surface area contributed by atoms with Gasteiger partial charge in [0.2, 0.25) is 0 Å². The lowest BCUT2D eigenvalue weighted by molar-refractivity contribution is 0.0934. The predicted octanol–water partition coefficient (Wildman–Crippen LogP) is 4.86. The summed E-state index contributed by atoms with van der Waals surface area (Å²) in [5.74, 6) is 1.50. The highest BCUT2D eigenvalue weighted by molar-refractivity contribution is 9.10. The summed E-state index contributed by atoms with van der Waals surface area (Å²) in [4.78, 5) is 24.7. The number of hydrazine groups is 1. The number of carbonyl (C=O) groups excluding carboxylic acids is 2. The van der Waals surface area contributed by atoms with Crippen molar-refractivity contribution in [2.45, 2.75) is 34.1 Å². The fraction of sp³-hybridized carbons (Fsp3) is 0.375.